The summed E-state index contributed by atoms with van der Waals surface area (Å²) in [6.45, 7) is 1.62. The monoisotopic (exact) mass is 428 g/mol. The van der Waals surface area contributed by atoms with Gasteiger partial charge < -0.3 is 5.11 Å². The van der Waals surface area contributed by atoms with Crippen LogP contribution in [0.4, 0.5) is 5.69 Å². The Hall–Kier alpha value is -2.80. The molecule has 1 aliphatic heterocycles. The Labute approximate surface area is 164 Å². The Bertz CT molecular complexity index is 909. The molecule has 0 saturated heterocycles. The average Bonchev–Trinajstić information content (AvgIpc) is 2.95. The van der Waals surface area contributed by atoms with E-state index in [9.17, 15) is 19.5 Å². The smallest absolute Gasteiger partial charge is 0.308 e. The molecule has 0 spiro atoms. The van der Waals surface area contributed by atoms with E-state index in [0.717, 1.165) is 4.47 Å². The van der Waals surface area contributed by atoms with Crippen LogP contribution in [0.2, 0.25) is 0 Å². The molecular formula is C20H17BrN2O4. The van der Waals surface area contributed by atoms with Crippen LogP contribution in [0.1, 0.15) is 23.7 Å². The Balaban J connectivity index is 1.84. The third-order valence-corrected chi connectivity index (χ3v) is 5.00. The van der Waals surface area contributed by atoms with E-state index in [1.807, 2.05) is 6.07 Å². The van der Waals surface area contributed by atoms with Crippen molar-refractivity contribution in [3.8, 4) is 0 Å². The van der Waals surface area contributed by atoms with Gasteiger partial charge in [0.2, 0.25) is 0 Å². The van der Waals surface area contributed by atoms with Crippen LogP contribution in [-0.2, 0) is 9.59 Å². The van der Waals surface area contributed by atoms with Gasteiger partial charge in [-0.25, -0.2) is 5.01 Å². The molecule has 1 heterocycles. The number of halogens is 1. The second-order valence-corrected chi connectivity index (χ2v) is 7.20. The number of rotatable bonds is 6. The molecule has 0 saturated carbocycles. The van der Waals surface area contributed by atoms with Crippen LogP contribution >= 0.6 is 15.9 Å². The molecule has 2 atom stereocenters. The third kappa shape index (κ3) is 3.98. The molecule has 7 heteroatoms. The maximum atomic E-state index is 12.9. The van der Waals surface area contributed by atoms with Crippen molar-refractivity contribution in [2.24, 2.45) is 16.9 Å². The van der Waals surface area contributed by atoms with E-state index in [0.29, 0.717) is 17.0 Å². The number of hydrogen-bond donors (Lipinski definition) is 1. The number of para-hydroxylation sites is 1. The van der Waals surface area contributed by atoms with Gasteiger partial charge in [-0.2, -0.15) is 5.10 Å². The van der Waals surface area contributed by atoms with Gasteiger partial charge in [0.25, 0.3) is 5.91 Å². The number of anilines is 1. The summed E-state index contributed by atoms with van der Waals surface area (Å²) in [7, 11) is 0. The maximum absolute atomic E-state index is 12.9. The Morgan fingerprint density at radius 3 is 2.37 bits per heavy atom. The van der Waals surface area contributed by atoms with Crippen LogP contribution in [0.3, 0.4) is 0 Å². The molecule has 0 radical (unpaired) electrons. The number of nitrogens with zero attached hydrogens (tertiary/aromatic N) is 2. The van der Waals surface area contributed by atoms with Gasteiger partial charge >= 0.3 is 5.97 Å². The molecule has 2 aromatic carbocycles. The summed E-state index contributed by atoms with van der Waals surface area (Å²) in [4.78, 5) is 37.3. The van der Waals surface area contributed by atoms with E-state index in [1.165, 1.54) is 5.01 Å². The van der Waals surface area contributed by atoms with Crippen molar-refractivity contribution in [2.75, 3.05) is 5.01 Å². The second kappa shape index (κ2) is 7.84. The minimum Gasteiger partial charge on any atom is -0.481 e. The van der Waals surface area contributed by atoms with Crippen LogP contribution in [0.25, 0.3) is 0 Å². The van der Waals surface area contributed by atoms with Crippen molar-refractivity contribution in [1.29, 1.82) is 0 Å². The summed E-state index contributed by atoms with van der Waals surface area (Å²) in [5.74, 6) is -4.10. The van der Waals surface area contributed by atoms with Crippen LogP contribution in [0.15, 0.2) is 64.2 Å². The second-order valence-electron chi connectivity index (χ2n) is 6.28. The zero-order chi connectivity index (χ0) is 19.6. The number of carboxylic acids is 1. The fourth-order valence-corrected chi connectivity index (χ4v) is 3.36. The van der Waals surface area contributed by atoms with Gasteiger partial charge in [-0.05, 0) is 31.2 Å². The molecule has 1 N–H and O–H groups in total. The summed E-state index contributed by atoms with van der Waals surface area (Å²) in [5.41, 5.74) is 1.36. The maximum Gasteiger partial charge on any atom is 0.308 e. The van der Waals surface area contributed by atoms with E-state index in [4.69, 9.17) is 0 Å². The zero-order valence-corrected chi connectivity index (χ0v) is 16.1. The molecule has 0 aliphatic carbocycles. The molecule has 27 heavy (non-hydrogen) atoms. The lowest BCUT2D eigenvalue weighted by Crippen LogP contribution is -2.37. The molecule has 1 amide bonds. The first kappa shape index (κ1) is 19.0. The SMILES string of the molecule is CC1=NN(c2ccccc2)C(=O)[C@H]1[C@@H](CC(=O)c1ccc(Br)cc1)C(=O)O. The Morgan fingerprint density at radius 2 is 1.78 bits per heavy atom. The first-order valence-corrected chi connectivity index (χ1v) is 9.13. The van der Waals surface area contributed by atoms with E-state index < -0.39 is 23.7 Å². The minimum atomic E-state index is -1.19. The quantitative estimate of drug-likeness (QED) is 0.709. The van der Waals surface area contributed by atoms with E-state index in [2.05, 4.69) is 21.0 Å². The Morgan fingerprint density at radius 1 is 1.15 bits per heavy atom. The first-order chi connectivity index (χ1) is 12.9. The van der Waals surface area contributed by atoms with Crippen molar-refractivity contribution in [3.63, 3.8) is 0 Å². The van der Waals surface area contributed by atoms with Gasteiger partial charge in [0.15, 0.2) is 5.78 Å². The van der Waals surface area contributed by atoms with Gasteiger partial charge in [-0.15, -0.1) is 0 Å². The van der Waals surface area contributed by atoms with E-state index >= 15 is 0 Å². The molecule has 0 unspecified atom stereocenters. The van der Waals surface area contributed by atoms with Crippen LogP contribution in [0, 0.1) is 11.8 Å². The molecule has 1 aliphatic rings. The third-order valence-electron chi connectivity index (χ3n) is 4.47. The van der Waals surface area contributed by atoms with Crippen molar-refractivity contribution >= 4 is 45.0 Å². The highest BCUT2D eigenvalue weighted by molar-refractivity contribution is 9.10. The molecule has 0 aromatic heterocycles. The van der Waals surface area contributed by atoms with Gasteiger partial charge in [-0.1, -0.05) is 46.3 Å². The van der Waals surface area contributed by atoms with Crippen molar-refractivity contribution in [2.45, 2.75) is 13.3 Å². The van der Waals surface area contributed by atoms with Gasteiger partial charge in [-0.3, -0.25) is 14.4 Å². The van der Waals surface area contributed by atoms with Crippen molar-refractivity contribution < 1.29 is 19.5 Å². The lowest BCUT2D eigenvalue weighted by molar-refractivity contribution is -0.144. The fraction of sp³-hybridized carbons (Fsp3) is 0.200. The van der Waals surface area contributed by atoms with Crippen molar-refractivity contribution in [3.05, 3.63) is 64.6 Å². The summed E-state index contributed by atoms with van der Waals surface area (Å²) in [6.07, 6.45) is -0.275. The average molecular weight is 429 g/mol. The fourth-order valence-electron chi connectivity index (χ4n) is 3.10. The zero-order valence-electron chi connectivity index (χ0n) is 14.5. The number of carboxylic acid groups (broad SMARTS) is 1. The number of carbonyl (C=O) groups excluding carboxylic acids is 2. The minimum absolute atomic E-state index is 0.275. The molecule has 3 rings (SSSR count). The standard InChI is InChI=1S/C20H17BrN2O4/c1-12-18(19(25)23(22-12)15-5-3-2-4-6-15)16(20(26)27)11-17(24)13-7-9-14(21)10-8-13/h2-10,16,18H,11H2,1H3,(H,26,27)/t16-,18-/m1/s1. The number of amides is 1. The number of carbonyl (C=O) groups is 3. The normalized spacial score (nSPS) is 17.6. The number of aliphatic carboxylic acids is 1. The lowest BCUT2D eigenvalue weighted by atomic mass is 9.83. The van der Waals surface area contributed by atoms with Crippen molar-refractivity contribution in [1.82, 2.24) is 0 Å². The lowest BCUT2D eigenvalue weighted by Gasteiger charge is -2.19. The largest absolute Gasteiger partial charge is 0.481 e. The number of hydrazone groups is 1. The van der Waals surface area contributed by atoms with E-state index in [1.54, 1.807) is 55.5 Å². The number of ketones is 1. The number of benzene rings is 2. The summed E-state index contributed by atoms with van der Waals surface area (Å²) < 4.78 is 0.821. The summed E-state index contributed by atoms with van der Waals surface area (Å²) >= 11 is 3.30. The van der Waals surface area contributed by atoms with Gasteiger partial charge in [0.05, 0.1) is 17.5 Å². The van der Waals surface area contributed by atoms with Gasteiger partial charge in [0, 0.05) is 22.2 Å². The van der Waals surface area contributed by atoms with Crippen LogP contribution in [0.5, 0.6) is 0 Å². The molecule has 6 nitrogen and oxygen atoms in total. The Kier molecular flexibility index (Phi) is 5.51. The van der Waals surface area contributed by atoms with Crippen LogP contribution in [-0.4, -0.2) is 28.5 Å². The molecule has 0 fully saturated rings. The predicted molar refractivity (Wildman–Crippen MR) is 105 cm³/mol. The van der Waals surface area contributed by atoms with Gasteiger partial charge in [0.1, 0.15) is 0 Å². The topological polar surface area (TPSA) is 87.0 Å². The van der Waals surface area contributed by atoms with Crippen LogP contribution < -0.4 is 5.01 Å². The highest BCUT2D eigenvalue weighted by Crippen LogP contribution is 2.31. The first-order valence-electron chi connectivity index (χ1n) is 8.34. The molecular weight excluding hydrogens is 412 g/mol. The summed E-state index contributed by atoms with van der Waals surface area (Å²) in [6, 6.07) is 15.5. The highest BCUT2D eigenvalue weighted by Gasteiger charge is 2.44. The highest BCUT2D eigenvalue weighted by atomic mass is 79.9. The summed E-state index contributed by atoms with van der Waals surface area (Å²) in [5, 5.41) is 15.1. The molecule has 138 valence electrons. The van der Waals surface area contributed by atoms with E-state index in [-0.39, 0.29) is 12.2 Å². The molecule has 2 aromatic rings. The number of hydrogen-bond acceptors (Lipinski definition) is 4. The predicted octanol–water partition coefficient (Wildman–Crippen LogP) is 3.76. The number of Topliss-reactive ketones (excluding diaryl/α,β-unsaturated/α-hetero) is 1. The molecule has 0 bridgehead atoms.